The zero-order valence-electron chi connectivity index (χ0n) is 8.81. The van der Waals surface area contributed by atoms with E-state index in [9.17, 15) is 22.4 Å². The molecule has 1 amide bonds. The minimum atomic E-state index is -4.64. The molecule has 0 saturated carbocycles. The van der Waals surface area contributed by atoms with Gasteiger partial charge in [-0.25, -0.2) is 4.39 Å². The average Bonchev–Trinajstić information content (AvgIpc) is 2.18. The van der Waals surface area contributed by atoms with Crippen molar-refractivity contribution in [3.8, 4) is 0 Å². The molecule has 94 valence electrons. The van der Waals surface area contributed by atoms with Crippen molar-refractivity contribution in [1.29, 1.82) is 0 Å². The third kappa shape index (κ3) is 3.42. The van der Waals surface area contributed by atoms with Crippen LogP contribution >= 0.6 is 0 Å². The summed E-state index contributed by atoms with van der Waals surface area (Å²) in [6.07, 6.45) is -4.64. The first-order valence-corrected chi connectivity index (χ1v) is 4.61. The highest BCUT2D eigenvalue weighted by atomic mass is 19.4. The minimum absolute atomic E-state index is 0.185. The minimum Gasteiger partial charge on any atom is -0.324 e. The molecule has 3 N–H and O–H groups in total. The van der Waals surface area contributed by atoms with Crippen LogP contribution in [0.25, 0.3) is 0 Å². The number of alkyl halides is 3. The number of nitrogens with two attached hydrogens (primary N) is 1. The molecule has 1 atom stereocenters. The number of carbonyl (C=O) groups is 1. The second-order valence-corrected chi connectivity index (χ2v) is 3.44. The summed E-state index contributed by atoms with van der Waals surface area (Å²) in [7, 11) is 0. The molecule has 17 heavy (non-hydrogen) atoms. The predicted molar refractivity (Wildman–Crippen MR) is 53.7 cm³/mol. The molecule has 0 fully saturated rings. The molecule has 7 heteroatoms. The Morgan fingerprint density at radius 1 is 1.41 bits per heavy atom. The number of benzene rings is 1. The van der Waals surface area contributed by atoms with E-state index < -0.39 is 29.5 Å². The summed E-state index contributed by atoms with van der Waals surface area (Å²) < 4.78 is 50.1. The molecule has 1 rings (SSSR count). The van der Waals surface area contributed by atoms with Crippen LogP contribution in [-0.4, -0.2) is 12.1 Å². The predicted octanol–water partition coefficient (Wildman–Crippen LogP) is 2.35. The zero-order chi connectivity index (χ0) is 13.2. The molecule has 3 nitrogen and oxygen atoms in total. The lowest BCUT2D eigenvalue weighted by Gasteiger charge is -2.16. The summed E-state index contributed by atoms with van der Waals surface area (Å²) >= 11 is 0. The Morgan fingerprint density at radius 3 is 2.41 bits per heavy atom. The molecule has 0 aliphatic heterocycles. The average molecular weight is 250 g/mol. The summed E-state index contributed by atoms with van der Waals surface area (Å²) in [6.45, 7) is 1.16. The topological polar surface area (TPSA) is 55.1 Å². The van der Waals surface area contributed by atoms with Gasteiger partial charge < -0.3 is 11.1 Å². The van der Waals surface area contributed by atoms with Gasteiger partial charge >= 0.3 is 6.18 Å². The van der Waals surface area contributed by atoms with Crippen LogP contribution in [0.3, 0.4) is 0 Å². The molecule has 0 unspecified atom stereocenters. The van der Waals surface area contributed by atoms with E-state index in [0.717, 1.165) is 19.1 Å². The van der Waals surface area contributed by atoms with Crippen LogP contribution in [0.15, 0.2) is 18.2 Å². The molecule has 0 spiro atoms. The first kappa shape index (κ1) is 13.4. The van der Waals surface area contributed by atoms with Gasteiger partial charge in [-0.15, -0.1) is 0 Å². The molecular weight excluding hydrogens is 240 g/mol. The first-order valence-electron chi connectivity index (χ1n) is 4.61. The van der Waals surface area contributed by atoms with E-state index >= 15 is 0 Å². The number of hydrogen-bond donors (Lipinski definition) is 2. The highest BCUT2D eigenvalue weighted by molar-refractivity contribution is 5.88. The van der Waals surface area contributed by atoms with Crippen molar-refractivity contribution in [2.75, 3.05) is 5.32 Å². The summed E-state index contributed by atoms with van der Waals surface area (Å²) in [6, 6.07) is 0.469. The fourth-order valence-corrected chi connectivity index (χ4v) is 1.20. The van der Waals surface area contributed by atoms with E-state index in [0.29, 0.717) is 6.07 Å². The van der Waals surface area contributed by atoms with Crippen molar-refractivity contribution in [1.82, 2.24) is 0 Å². The van der Waals surface area contributed by atoms with Crippen LogP contribution in [-0.2, 0) is 4.79 Å². The van der Waals surface area contributed by atoms with Gasteiger partial charge in [0.05, 0.1) is 5.69 Å². The number of hydrogen-bond acceptors (Lipinski definition) is 2. The third-order valence-corrected chi connectivity index (χ3v) is 2.02. The highest BCUT2D eigenvalue weighted by Crippen LogP contribution is 2.31. The molecule has 0 aliphatic rings. The van der Waals surface area contributed by atoms with Crippen LogP contribution < -0.4 is 11.1 Å². The Balaban J connectivity index is 3.00. The summed E-state index contributed by atoms with van der Waals surface area (Å²) in [5.74, 6) is -1.48. The summed E-state index contributed by atoms with van der Waals surface area (Å²) in [5.41, 5.74) is 4.33. The van der Waals surface area contributed by atoms with Gasteiger partial charge in [0.1, 0.15) is 11.9 Å². The van der Waals surface area contributed by atoms with Gasteiger partial charge in [0.15, 0.2) is 0 Å². The molecule has 0 aromatic heterocycles. The van der Waals surface area contributed by atoms with Crippen LogP contribution in [0.2, 0.25) is 0 Å². The fourth-order valence-electron chi connectivity index (χ4n) is 1.20. The largest absolute Gasteiger partial charge is 0.407 e. The normalized spacial score (nSPS) is 13.3. The standard InChI is InChI=1S/C10H10F4N2O/c1-5(17)16-8-3-2-6(4-7(8)11)9(15)10(12,13)14/h2-4,9H,15H2,1H3,(H,16,17)/t9-/m1/s1. The summed E-state index contributed by atoms with van der Waals surface area (Å²) in [5, 5.41) is 2.14. The van der Waals surface area contributed by atoms with Crippen LogP contribution in [0, 0.1) is 5.82 Å². The quantitative estimate of drug-likeness (QED) is 0.791. The Labute approximate surface area is 94.6 Å². The molecule has 0 heterocycles. The Bertz CT molecular complexity index is 431. The van der Waals surface area contributed by atoms with Crippen LogP contribution in [0.4, 0.5) is 23.2 Å². The van der Waals surface area contributed by atoms with Gasteiger partial charge in [-0.2, -0.15) is 13.2 Å². The monoisotopic (exact) mass is 250 g/mol. The van der Waals surface area contributed by atoms with Crippen LogP contribution in [0.1, 0.15) is 18.5 Å². The van der Waals surface area contributed by atoms with Crippen molar-refractivity contribution in [2.45, 2.75) is 19.1 Å². The number of amides is 1. The Hall–Kier alpha value is -1.63. The lowest BCUT2D eigenvalue weighted by molar-refractivity contribution is -0.149. The molecule has 1 aromatic carbocycles. The summed E-state index contributed by atoms with van der Waals surface area (Å²) in [4.78, 5) is 10.7. The van der Waals surface area contributed by atoms with E-state index in [-0.39, 0.29) is 5.69 Å². The van der Waals surface area contributed by atoms with Crippen molar-refractivity contribution in [2.24, 2.45) is 5.73 Å². The number of anilines is 1. The molecular formula is C10H10F4N2O. The molecule has 0 saturated heterocycles. The van der Waals surface area contributed by atoms with E-state index in [4.69, 9.17) is 5.73 Å². The second-order valence-electron chi connectivity index (χ2n) is 3.44. The van der Waals surface area contributed by atoms with Crippen molar-refractivity contribution < 1.29 is 22.4 Å². The van der Waals surface area contributed by atoms with Gasteiger partial charge in [0.25, 0.3) is 0 Å². The molecule has 0 aliphatic carbocycles. The first-order chi connectivity index (χ1) is 7.71. The van der Waals surface area contributed by atoms with Crippen molar-refractivity contribution in [3.63, 3.8) is 0 Å². The SMILES string of the molecule is CC(=O)Nc1ccc([C@@H](N)C(F)(F)F)cc1F. The second kappa shape index (κ2) is 4.70. The smallest absolute Gasteiger partial charge is 0.324 e. The van der Waals surface area contributed by atoms with E-state index in [2.05, 4.69) is 5.32 Å². The Kier molecular flexibility index (Phi) is 3.72. The molecule has 0 radical (unpaired) electrons. The van der Waals surface area contributed by atoms with E-state index in [1.165, 1.54) is 0 Å². The highest BCUT2D eigenvalue weighted by Gasteiger charge is 2.38. The Morgan fingerprint density at radius 2 is 2.00 bits per heavy atom. The van der Waals surface area contributed by atoms with E-state index in [1.807, 2.05) is 0 Å². The van der Waals surface area contributed by atoms with Gasteiger partial charge in [-0.05, 0) is 17.7 Å². The van der Waals surface area contributed by atoms with Crippen molar-refractivity contribution in [3.05, 3.63) is 29.6 Å². The molecule has 0 bridgehead atoms. The van der Waals surface area contributed by atoms with Gasteiger partial charge in [-0.1, -0.05) is 6.07 Å². The number of rotatable bonds is 2. The van der Waals surface area contributed by atoms with Gasteiger partial charge in [0, 0.05) is 6.92 Å². The van der Waals surface area contributed by atoms with Gasteiger partial charge in [-0.3, -0.25) is 4.79 Å². The maximum atomic E-state index is 13.3. The van der Waals surface area contributed by atoms with Crippen molar-refractivity contribution >= 4 is 11.6 Å². The number of halogens is 4. The van der Waals surface area contributed by atoms with Gasteiger partial charge in [0.2, 0.25) is 5.91 Å². The maximum Gasteiger partial charge on any atom is 0.407 e. The lowest BCUT2D eigenvalue weighted by Crippen LogP contribution is -2.28. The molecule has 1 aromatic rings. The zero-order valence-corrected chi connectivity index (χ0v) is 8.81. The number of carbonyl (C=O) groups excluding carboxylic acids is 1. The fraction of sp³-hybridized carbons (Fsp3) is 0.300. The lowest BCUT2D eigenvalue weighted by atomic mass is 10.1. The third-order valence-electron chi connectivity index (χ3n) is 2.02. The van der Waals surface area contributed by atoms with Crippen LogP contribution in [0.5, 0.6) is 0 Å². The maximum absolute atomic E-state index is 13.3. The van der Waals surface area contributed by atoms with E-state index in [1.54, 1.807) is 0 Å². The number of nitrogens with one attached hydrogen (secondary N) is 1.